The molecule has 0 saturated heterocycles. The van der Waals surface area contributed by atoms with Crippen LogP contribution in [0.5, 0.6) is 0 Å². The van der Waals surface area contributed by atoms with E-state index >= 15 is 0 Å². The number of aromatic nitrogens is 2. The Morgan fingerprint density at radius 2 is 2.05 bits per heavy atom. The summed E-state index contributed by atoms with van der Waals surface area (Å²) < 4.78 is 1.82. The van der Waals surface area contributed by atoms with Crippen molar-refractivity contribution in [3.63, 3.8) is 0 Å². The Kier molecular flexibility index (Phi) is 4.00. The second-order valence-corrected chi connectivity index (χ2v) is 5.06. The van der Waals surface area contributed by atoms with Crippen molar-refractivity contribution in [3.8, 4) is 0 Å². The van der Waals surface area contributed by atoms with Gasteiger partial charge in [0.15, 0.2) is 0 Å². The van der Waals surface area contributed by atoms with Crippen LogP contribution in [0, 0.1) is 12.8 Å². The topological polar surface area (TPSA) is 46.9 Å². The molecule has 0 fully saturated rings. The molecular formula is C15H19N3O. The van der Waals surface area contributed by atoms with Crippen LogP contribution in [0.2, 0.25) is 0 Å². The van der Waals surface area contributed by atoms with Crippen LogP contribution in [0.1, 0.15) is 29.8 Å². The first-order valence-corrected chi connectivity index (χ1v) is 6.46. The van der Waals surface area contributed by atoms with E-state index in [1.807, 2.05) is 41.9 Å². The van der Waals surface area contributed by atoms with Gasteiger partial charge in [0.2, 0.25) is 0 Å². The number of hydrogen-bond donors (Lipinski definition) is 1. The number of anilines is 1. The maximum atomic E-state index is 12.2. The van der Waals surface area contributed by atoms with Gasteiger partial charge in [-0.3, -0.25) is 4.79 Å². The third-order valence-electron chi connectivity index (χ3n) is 2.89. The maximum Gasteiger partial charge on any atom is 0.257 e. The van der Waals surface area contributed by atoms with Crippen LogP contribution in [0.15, 0.2) is 36.5 Å². The van der Waals surface area contributed by atoms with E-state index < -0.39 is 0 Å². The zero-order valence-corrected chi connectivity index (χ0v) is 11.6. The smallest absolute Gasteiger partial charge is 0.257 e. The minimum absolute atomic E-state index is 0.0939. The van der Waals surface area contributed by atoms with Crippen molar-refractivity contribution >= 4 is 11.7 Å². The van der Waals surface area contributed by atoms with Crippen molar-refractivity contribution in [2.24, 2.45) is 5.92 Å². The van der Waals surface area contributed by atoms with Crippen molar-refractivity contribution in [1.82, 2.24) is 9.78 Å². The Labute approximate surface area is 113 Å². The zero-order valence-electron chi connectivity index (χ0n) is 11.6. The molecule has 0 atom stereocenters. The van der Waals surface area contributed by atoms with Crippen LogP contribution in [0.4, 0.5) is 5.82 Å². The second-order valence-electron chi connectivity index (χ2n) is 5.06. The summed E-state index contributed by atoms with van der Waals surface area (Å²) in [7, 11) is 0. The van der Waals surface area contributed by atoms with Crippen molar-refractivity contribution < 1.29 is 4.79 Å². The molecule has 2 aromatic rings. The summed E-state index contributed by atoms with van der Waals surface area (Å²) >= 11 is 0. The normalized spacial score (nSPS) is 10.7. The molecular weight excluding hydrogens is 238 g/mol. The molecule has 0 bridgehead atoms. The van der Waals surface area contributed by atoms with Gasteiger partial charge < -0.3 is 5.32 Å². The number of carbonyl (C=O) groups is 1. The minimum Gasteiger partial charge on any atom is -0.307 e. The number of aryl methyl sites for hydroxylation is 1. The summed E-state index contributed by atoms with van der Waals surface area (Å²) in [5.41, 5.74) is 1.66. The Balaban J connectivity index is 2.16. The fraction of sp³-hybridized carbons (Fsp3) is 0.333. The lowest BCUT2D eigenvalue weighted by Gasteiger charge is -2.11. The van der Waals surface area contributed by atoms with Crippen LogP contribution in [0.25, 0.3) is 0 Å². The zero-order chi connectivity index (χ0) is 13.8. The summed E-state index contributed by atoms with van der Waals surface area (Å²) in [5.74, 6) is 1.12. The van der Waals surface area contributed by atoms with Crippen molar-refractivity contribution in [3.05, 3.63) is 47.7 Å². The quantitative estimate of drug-likeness (QED) is 0.914. The third-order valence-corrected chi connectivity index (χ3v) is 2.89. The van der Waals surface area contributed by atoms with E-state index in [1.165, 1.54) is 0 Å². The number of nitrogens with one attached hydrogen (secondary N) is 1. The fourth-order valence-electron chi connectivity index (χ4n) is 1.94. The van der Waals surface area contributed by atoms with E-state index in [2.05, 4.69) is 24.3 Å². The molecule has 0 radical (unpaired) electrons. The Hall–Kier alpha value is -2.10. The molecule has 1 amide bonds. The highest BCUT2D eigenvalue weighted by atomic mass is 16.1. The van der Waals surface area contributed by atoms with E-state index in [1.54, 1.807) is 6.20 Å². The van der Waals surface area contributed by atoms with Crippen molar-refractivity contribution in [2.45, 2.75) is 27.3 Å². The van der Waals surface area contributed by atoms with Crippen molar-refractivity contribution in [2.75, 3.05) is 5.32 Å². The minimum atomic E-state index is -0.0939. The lowest BCUT2D eigenvalue weighted by molar-refractivity contribution is 0.102. The Bertz CT molecular complexity index is 572. The molecule has 100 valence electrons. The summed E-state index contributed by atoms with van der Waals surface area (Å²) in [4.78, 5) is 12.2. The lowest BCUT2D eigenvalue weighted by Crippen LogP contribution is -2.18. The van der Waals surface area contributed by atoms with Crippen LogP contribution >= 0.6 is 0 Å². The molecule has 0 unspecified atom stereocenters. The predicted octanol–water partition coefficient (Wildman–Crippen LogP) is 3.10. The van der Waals surface area contributed by atoms with E-state index in [0.717, 1.165) is 17.9 Å². The first-order chi connectivity index (χ1) is 9.08. The van der Waals surface area contributed by atoms with Gasteiger partial charge in [-0.05, 0) is 24.5 Å². The molecule has 4 nitrogen and oxygen atoms in total. The SMILES string of the molecule is Cc1ccccc1C(=O)Nc1ccnn1CC(C)C. The average molecular weight is 257 g/mol. The Morgan fingerprint density at radius 1 is 1.32 bits per heavy atom. The van der Waals surface area contributed by atoms with Crippen LogP contribution in [0.3, 0.4) is 0 Å². The standard InChI is InChI=1S/C15H19N3O/c1-11(2)10-18-14(8-9-16-18)17-15(19)13-7-5-4-6-12(13)3/h4-9,11H,10H2,1-3H3,(H,17,19). The largest absolute Gasteiger partial charge is 0.307 e. The van der Waals surface area contributed by atoms with E-state index in [0.29, 0.717) is 11.5 Å². The monoisotopic (exact) mass is 257 g/mol. The van der Waals surface area contributed by atoms with E-state index in [9.17, 15) is 4.79 Å². The van der Waals surface area contributed by atoms with Crippen LogP contribution < -0.4 is 5.32 Å². The molecule has 0 aliphatic carbocycles. The first kappa shape index (κ1) is 13.3. The molecule has 4 heteroatoms. The van der Waals surface area contributed by atoms with E-state index in [4.69, 9.17) is 0 Å². The van der Waals surface area contributed by atoms with Gasteiger partial charge in [-0.1, -0.05) is 32.0 Å². The molecule has 2 rings (SSSR count). The number of rotatable bonds is 4. The van der Waals surface area contributed by atoms with Gasteiger partial charge in [-0.15, -0.1) is 0 Å². The molecule has 0 spiro atoms. The highest BCUT2D eigenvalue weighted by Gasteiger charge is 2.11. The molecule has 1 aromatic heterocycles. The number of benzene rings is 1. The highest BCUT2D eigenvalue weighted by molar-refractivity contribution is 6.04. The lowest BCUT2D eigenvalue weighted by atomic mass is 10.1. The van der Waals surface area contributed by atoms with Gasteiger partial charge in [0, 0.05) is 18.2 Å². The number of amides is 1. The third kappa shape index (κ3) is 3.22. The van der Waals surface area contributed by atoms with Gasteiger partial charge >= 0.3 is 0 Å². The average Bonchev–Trinajstić information content (AvgIpc) is 2.76. The predicted molar refractivity (Wildman–Crippen MR) is 76.2 cm³/mol. The van der Waals surface area contributed by atoms with Gasteiger partial charge in [0.05, 0.1) is 6.20 Å². The Morgan fingerprint density at radius 3 is 2.74 bits per heavy atom. The van der Waals surface area contributed by atoms with Crippen LogP contribution in [-0.4, -0.2) is 15.7 Å². The van der Waals surface area contributed by atoms with Gasteiger partial charge in [0.1, 0.15) is 5.82 Å². The molecule has 19 heavy (non-hydrogen) atoms. The van der Waals surface area contributed by atoms with Gasteiger partial charge in [-0.2, -0.15) is 5.10 Å². The fourth-order valence-corrected chi connectivity index (χ4v) is 1.94. The van der Waals surface area contributed by atoms with Gasteiger partial charge in [0.25, 0.3) is 5.91 Å². The second kappa shape index (κ2) is 5.69. The summed E-state index contributed by atoms with van der Waals surface area (Å²) in [6.07, 6.45) is 1.70. The molecule has 1 N–H and O–H groups in total. The number of hydrogen-bond acceptors (Lipinski definition) is 2. The number of nitrogens with zero attached hydrogens (tertiary/aromatic N) is 2. The van der Waals surface area contributed by atoms with Gasteiger partial charge in [-0.25, -0.2) is 4.68 Å². The number of carbonyl (C=O) groups excluding carboxylic acids is 1. The molecule has 1 heterocycles. The molecule has 0 aliphatic heterocycles. The molecule has 0 saturated carbocycles. The highest BCUT2D eigenvalue weighted by Crippen LogP contribution is 2.13. The first-order valence-electron chi connectivity index (χ1n) is 6.46. The summed E-state index contributed by atoms with van der Waals surface area (Å²) in [5, 5.41) is 7.14. The van der Waals surface area contributed by atoms with Crippen LogP contribution in [-0.2, 0) is 6.54 Å². The summed E-state index contributed by atoms with van der Waals surface area (Å²) in [6, 6.07) is 9.37. The summed E-state index contributed by atoms with van der Waals surface area (Å²) in [6.45, 7) is 6.96. The van der Waals surface area contributed by atoms with E-state index in [-0.39, 0.29) is 5.91 Å². The maximum absolute atomic E-state index is 12.2. The van der Waals surface area contributed by atoms with Crippen molar-refractivity contribution in [1.29, 1.82) is 0 Å². The molecule has 1 aromatic carbocycles. The molecule has 0 aliphatic rings.